The highest BCUT2D eigenvalue weighted by atomic mass is 32.2. The molecule has 0 atom stereocenters. The quantitative estimate of drug-likeness (QED) is 0.543. The summed E-state index contributed by atoms with van der Waals surface area (Å²) in [5.41, 5.74) is 1.73. The summed E-state index contributed by atoms with van der Waals surface area (Å²) in [5, 5.41) is 2.73. The highest BCUT2D eigenvalue weighted by Gasteiger charge is 2.14. The summed E-state index contributed by atoms with van der Waals surface area (Å²) >= 11 is 0. The van der Waals surface area contributed by atoms with Gasteiger partial charge in [0, 0.05) is 11.9 Å². The number of ether oxygens (including phenoxy) is 1. The van der Waals surface area contributed by atoms with Crippen molar-refractivity contribution in [2.45, 2.75) is 24.7 Å². The van der Waals surface area contributed by atoms with Gasteiger partial charge in [0.15, 0.2) is 0 Å². The Hall–Kier alpha value is -3.39. The van der Waals surface area contributed by atoms with Crippen molar-refractivity contribution in [3.8, 4) is 5.75 Å². The molecule has 1 amide bonds. The van der Waals surface area contributed by atoms with Gasteiger partial charge < -0.3 is 10.1 Å². The third-order valence-corrected chi connectivity index (χ3v) is 5.65. The van der Waals surface area contributed by atoms with Gasteiger partial charge in [-0.15, -0.1) is 0 Å². The molecule has 1 heterocycles. The van der Waals surface area contributed by atoms with Gasteiger partial charge >= 0.3 is 0 Å². The number of rotatable bonds is 9. The van der Waals surface area contributed by atoms with Gasteiger partial charge in [-0.1, -0.05) is 25.1 Å². The van der Waals surface area contributed by atoms with Gasteiger partial charge in [-0.2, -0.15) is 0 Å². The Labute approximate surface area is 176 Å². The molecule has 2 aromatic carbocycles. The van der Waals surface area contributed by atoms with E-state index in [2.05, 4.69) is 21.9 Å². The second kappa shape index (κ2) is 9.89. The number of carbonyl (C=O) groups excluding carboxylic acids is 1. The molecule has 0 aliphatic heterocycles. The van der Waals surface area contributed by atoms with Gasteiger partial charge in [0.05, 0.1) is 17.9 Å². The largest absolute Gasteiger partial charge is 0.493 e. The molecule has 3 rings (SSSR count). The van der Waals surface area contributed by atoms with Crippen molar-refractivity contribution < 1.29 is 17.9 Å². The summed E-state index contributed by atoms with van der Waals surface area (Å²) < 4.78 is 32.8. The highest BCUT2D eigenvalue weighted by Crippen LogP contribution is 2.17. The van der Waals surface area contributed by atoms with Crippen LogP contribution in [-0.4, -0.2) is 25.9 Å². The number of sulfonamides is 1. The third kappa shape index (κ3) is 6.05. The standard InChI is InChI=1S/C22H23N3O4S/c1-2-17-6-10-19(11-7-17)29-16-14-22(26)24-18-8-12-20(13-9-18)30(27,28)25-21-5-3-4-15-23-21/h3-13,15H,2,14,16H2,1H3,(H,23,25)(H,24,26). The van der Waals surface area contributed by atoms with Crippen molar-refractivity contribution in [3.05, 3.63) is 78.5 Å². The number of hydrogen-bond acceptors (Lipinski definition) is 5. The number of aryl methyl sites for hydroxylation is 1. The zero-order chi connectivity index (χ0) is 21.4. The first-order valence-corrected chi connectivity index (χ1v) is 11.0. The van der Waals surface area contributed by atoms with Gasteiger partial charge in [-0.05, 0) is 60.5 Å². The van der Waals surface area contributed by atoms with Crippen LogP contribution >= 0.6 is 0 Å². The Morgan fingerprint density at radius 2 is 1.73 bits per heavy atom. The van der Waals surface area contributed by atoms with Gasteiger partial charge in [0.2, 0.25) is 5.91 Å². The van der Waals surface area contributed by atoms with Crippen LogP contribution in [0.4, 0.5) is 11.5 Å². The Morgan fingerprint density at radius 3 is 2.37 bits per heavy atom. The SMILES string of the molecule is CCc1ccc(OCCC(=O)Nc2ccc(S(=O)(=O)Nc3ccccn3)cc2)cc1. The molecule has 7 nitrogen and oxygen atoms in total. The van der Waals surface area contributed by atoms with E-state index in [1.165, 1.54) is 36.0 Å². The van der Waals surface area contributed by atoms with Crippen LogP contribution in [0.1, 0.15) is 18.9 Å². The van der Waals surface area contributed by atoms with E-state index in [9.17, 15) is 13.2 Å². The monoisotopic (exact) mass is 425 g/mol. The number of nitrogens with one attached hydrogen (secondary N) is 2. The number of hydrogen-bond donors (Lipinski definition) is 2. The smallest absolute Gasteiger partial charge is 0.263 e. The van der Waals surface area contributed by atoms with Gasteiger partial charge in [-0.25, -0.2) is 13.4 Å². The van der Waals surface area contributed by atoms with E-state index in [1.54, 1.807) is 18.2 Å². The first kappa shape index (κ1) is 21.3. The fourth-order valence-corrected chi connectivity index (χ4v) is 3.65. The predicted molar refractivity (Wildman–Crippen MR) is 116 cm³/mol. The molecule has 0 aliphatic rings. The molecule has 0 aliphatic carbocycles. The van der Waals surface area contributed by atoms with Crippen LogP contribution in [-0.2, 0) is 21.2 Å². The van der Waals surface area contributed by atoms with Crippen LogP contribution in [0.15, 0.2) is 77.8 Å². The first-order valence-electron chi connectivity index (χ1n) is 9.52. The van der Waals surface area contributed by atoms with E-state index in [1.807, 2.05) is 24.3 Å². The molecule has 1 aromatic heterocycles. The zero-order valence-electron chi connectivity index (χ0n) is 16.5. The zero-order valence-corrected chi connectivity index (χ0v) is 17.4. The average Bonchev–Trinajstić information content (AvgIpc) is 2.75. The van der Waals surface area contributed by atoms with Crippen molar-refractivity contribution >= 4 is 27.4 Å². The Kier molecular flexibility index (Phi) is 7.03. The fourth-order valence-electron chi connectivity index (χ4n) is 2.64. The maximum Gasteiger partial charge on any atom is 0.263 e. The van der Waals surface area contributed by atoms with Crippen LogP contribution in [0.25, 0.3) is 0 Å². The fraction of sp³-hybridized carbons (Fsp3) is 0.182. The van der Waals surface area contributed by atoms with Crippen LogP contribution in [0.3, 0.4) is 0 Å². The van der Waals surface area contributed by atoms with Crippen LogP contribution in [0, 0.1) is 0 Å². The maximum absolute atomic E-state index is 12.4. The normalized spacial score (nSPS) is 11.0. The van der Waals surface area contributed by atoms with E-state index < -0.39 is 10.0 Å². The van der Waals surface area contributed by atoms with Crippen molar-refractivity contribution in [1.29, 1.82) is 0 Å². The van der Waals surface area contributed by atoms with E-state index >= 15 is 0 Å². The molecule has 0 saturated carbocycles. The van der Waals surface area contributed by atoms with Crippen LogP contribution in [0.5, 0.6) is 5.75 Å². The highest BCUT2D eigenvalue weighted by molar-refractivity contribution is 7.92. The lowest BCUT2D eigenvalue weighted by molar-refractivity contribution is -0.116. The lowest BCUT2D eigenvalue weighted by atomic mass is 10.2. The second-order valence-corrected chi connectivity index (χ2v) is 8.17. The molecule has 0 fully saturated rings. The molecular formula is C22H23N3O4S. The molecule has 2 N–H and O–H groups in total. The van der Waals surface area contributed by atoms with Crippen LogP contribution < -0.4 is 14.8 Å². The number of nitrogens with zero attached hydrogens (tertiary/aromatic N) is 1. The van der Waals surface area contributed by atoms with E-state index in [0.29, 0.717) is 5.69 Å². The van der Waals surface area contributed by atoms with Crippen molar-refractivity contribution in [1.82, 2.24) is 4.98 Å². The van der Waals surface area contributed by atoms with E-state index in [-0.39, 0.29) is 29.6 Å². The molecule has 3 aromatic rings. The molecule has 156 valence electrons. The van der Waals surface area contributed by atoms with E-state index in [4.69, 9.17) is 4.74 Å². The summed E-state index contributed by atoms with van der Waals surface area (Å²) in [6.45, 7) is 2.33. The molecule has 0 saturated heterocycles. The number of pyridine rings is 1. The van der Waals surface area contributed by atoms with Crippen molar-refractivity contribution in [2.24, 2.45) is 0 Å². The Morgan fingerprint density at radius 1 is 1.00 bits per heavy atom. The molecular weight excluding hydrogens is 402 g/mol. The number of aromatic nitrogens is 1. The third-order valence-electron chi connectivity index (χ3n) is 4.28. The molecule has 0 radical (unpaired) electrons. The summed E-state index contributed by atoms with van der Waals surface area (Å²) in [6, 6.07) is 18.6. The lowest BCUT2D eigenvalue weighted by Gasteiger charge is -2.09. The summed E-state index contributed by atoms with van der Waals surface area (Å²) in [6.07, 6.45) is 2.64. The molecule has 8 heteroatoms. The summed E-state index contributed by atoms with van der Waals surface area (Å²) in [7, 11) is -3.75. The second-order valence-electron chi connectivity index (χ2n) is 6.49. The lowest BCUT2D eigenvalue weighted by Crippen LogP contribution is -2.16. The van der Waals surface area contributed by atoms with Crippen LogP contribution in [0.2, 0.25) is 0 Å². The van der Waals surface area contributed by atoms with Crippen molar-refractivity contribution in [3.63, 3.8) is 0 Å². The summed E-state index contributed by atoms with van der Waals surface area (Å²) in [5.74, 6) is 0.733. The summed E-state index contributed by atoms with van der Waals surface area (Å²) in [4.78, 5) is 16.1. The van der Waals surface area contributed by atoms with E-state index in [0.717, 1.165) is 12.2 Å². The van der Waals surface area contributed by atoms with Gasteiger partial charge in [-0.3, -0.25) is 9.52 Å². The number of benzene rings is 2. The molecule has 0 unspecified atom stereocenters. The predicted octanol–water partition coefficient (Wildman–Crippen LogP) is 3.85. The van der Waals surface area contributed by atoms with Gasteiger partial charge in [0.1, 0.15) is 11.6 Å². The number of amides is 1. The minimum Gasteiger partial charge on any atom is -0.493 e. The average molecular weight is 426 g/mol. The molecule has 0 bridgehead atoms. The van der Waals surface area contributed by atoms with Gasteiger partial charge in [0.25, 0.3) is 10.0 Å². The number of carbonyl (C=O) groups is 1. The maximum atomic E-state index is 12.4. The topological polar surface area (TPSA) is 97.4 Å². The molecule has 30 heavy (non-hydrogen) atoms. The number of anilines is 2. The molecule has 0 spiro atoms. The Bertz CT molecular complexity index is 1070. The van der Waals surface area contributed by atoms with Crippen molar-refractivity contribution in [2.75, 3.05) is 16.6 Å². The minimum atomic E-state index is -3.75. The minimum absolute atomic E-state index is 0.0741. The Balaban J connectivity index is 1.50. The first-order chi connectivity index (χ1) is 14.5.